The summed E-state index contributed by atoms with van der Waals surface area (Å²) in [4.78, 5) is 17.2. The highest BCUT2D eigenvalue weighted by molar-refractivity contribution is 7.91. The van der Waals surface area contributed by atoms with Crippen LogP contribution in [0.4, 0.5) is 5.82 Å². The van der Waals surface area contributed by atoms with Crippen molar-refractivity contribution < 1.29 is 21.7 Å². The first-order valence-electron chi connectivity index (χ1n) is 11.5. The maximum absolute atomic E-state index is 12.9. The summed E-state index contributed by atoms with van der Waals surface area (Å²) in [5, 5.41) is 1.64. The van der Waals surface area contributed by atoms with Crippen molar-refractivity contribution >= 4 is 31.6 Å². The van der Waals surface area contributed by atoms with Crippen molar-refractivity contribution in [3.8, 4) is 11.4 Å². The molecule has 1 aliphatic heterocycles. The average molecular weight is 544 g/mol. The average Bonchev–Trinajstić information content (AvgIpc) is 2.87. The van der Waals surface area contributed by atoms with Crippen LogP contribution in [0, 0.1) is 0 Å². The van der Waals surface area contributed by atoms with Gasteiger partial charge in [0.25, 0.3) is 0 Å². The number of hydroxylamine groups is 2. The number of aromatic nitrogens is 2. The maximum atomic E-state index is 12.9. The van der Waals surface area contributed by atoms with E-state index in [1.165, 1.54) is 18.4 Å². The molecule has 4 rings (SSSR count). The Kier molecular flexibility index (Phi) is 7.93. The quantitative estimate of drug-likeness (QED) is 0.405. The van der Waals surface area contributed by atoms with Gasteiger partial charge in [0.1, 0.15) is 15.7 Å². The van der Waals surface area contributed by atoms with Gasteiger partial charge in [0.15, 0.2) is 5.82 Å². The SMILES string of the molecule is CN(CCON1C=Cc2c(N)nc(-c3ccc(S(=O)(=O)c4ccccc4)cc3)nc2C1)CCS(C)(=O)=O. The van der Waals surface area contributed by atoms with Crippen molar-refractivity contribution in [2.24, 2.45) is 0 Å². The van der Waals surface area contributed by atoms with E-state index in [2.05, 4.69) is 9.97 Å². The zero-order valence-corrected chi connectivity index (χ0v) is 22.2. The normalized spacial score (nSPS) is 13.6. The first-order chi connectivity index (χ1) is 17.5. The third kappa shape index (κ3) is 6.72. The first kappa shape index (κ1) is 26.7. The van der Waals surface area contributed by atoms with Crippen molar-refractivity contribution in [3.05, 3.63) is 72.1 Å². The molecule has 0 atom stereocenters. The van der Waals surface area contributed by atoms with Crippen LogP contribution in [0.5, 0.6) is 0 Å². The molecule has 0 amide bonds. The third-order valence-electron chi connectivity index (χ3n) is 5.82. The number of likely N-dealkylation sites (N-methyl/N-ethyl adjacent to an activating group) is 1. The molecular formula is C25H29N5O5S2. The lowest BCUT2D eigenvalue weighted by Crippen LogP contribution is -2.31. The highest BCUT2D eigenvalue weighted by Crippen LogP contribution is 2.28. The van der Waals surface area contributed by atoms with Gasteiger partial charge in [0.05, 0.1) is 34.4 Å². The molecule has 0 saturated heterocycles. The van der Waals surface area contributed by atoms with Crippen LogP contribution in [-0.4, -0.2) is 75.5 Å². The van der Waals surface area contributed by atoms with Crippen LogP contribution in [0.1, 0.15) is 11.3 Å². The molecular weight excluding hydrogens is 514 g/mol. The van der Waals surface area contributed by atoms with Crippen LogP contribution in [-0.2, 0) is 31.1 Å². The number of rotatable bonds is 10. The molecule has 3 aromatic rings. The summed E-state index contributed by atoms with van der Waals surface area (Å²) in [6.07, 6.45) is 4.75. The molecule has 37 heavy (non-hydrogen) atoms. The van der Waals surface area contributed by atoms with Gasteiger partial charge in [-0.15, -0.1) is 0 Å². The van der Waals surface area contributed by atoms with Gasteiger partial charge >= 0.3 is 0 Å². The summed E-state index contributed by atoms with van der Waals surface area (Å²) in [6, 6.07) is 14.7. The Hall–Kier alpha value is -3.32. The summed E-state index contributed by atoms with van der Waals surface area (Å²) in [5.74, 6) is 0.798. The Balaban J connectivity index is 1.43. The summed E-state index contributed by atoms with van der Waals surface area (Å²) < 4.78 is 48.4. The Bertz CT molecular complexity index is 1490. The minimum absolute atomic E-state index is 0.0959. The fraction of sp³-hybridized carbons (Fsp3) is 0.280. The van der Waals surface area contributed by atoms with E-state index in [0.29, 0.717) is 54.7 Å². The fourth-order valence-corrected chi connectivity index (χ4v) is 5.60. The van der Waals surface area contributed by atoms with E-state index in [4.69, 9.17) is 10.6 Å². The van der Waals surface area contributed by atoms with E-state index in [1.54, 1.807) is 59.8 Å². The van der Waals surface area contributed by atoms with Crippen LogP contribution >= 0.6 is 0 Å². The topological polar surface area (TPSA) is 136 Å². The largest absolute Gasteiger partial charge is 0.383 e. The molecule has 2 aromatic carbocycles. The third-order valence-corrected chi connectivity index (χ3v) is 8.53. The van der Waals surface area contributed by atoms with Gasteiger partial charge in [-0.2, -0.15) is 0 Å². The molecule has 1 aromatic heterocycles. The molecule has 10 nitrogen and oxygen atoms in total. The molecule has 0 radical (unpaired) electrons. The molecule has 0 aliphatic carbocycles. The summed E-state index contributed by atoms with van der Waals surface area (Å²) in [7, 11) is -4.80. The molecule has 2 N–H and O–H groups in total. The minimum atomic E-state index is -3.63. The van der Waals surface area contributed by atoms with Gasteiger partial charge in [0, 0.05) is 36.7 Å². The van der Waals surface area contributed by atoms with Gasteiger partial charge in [-0.3, -0.25) is 9.90 Å². The molecule has 2 heterocycles. The molecule has 0 bridgehead atoms. The highest BCUT2D eigenvalue weighted by Gasteiger charge is 2.20. The number of benzene rings is 2. The van der Waals surface area contributed by atoms with Crippen molar-refractivity contribution in [1.82, 2.24) is 19.9 Å². The second-order valence-corrected chi connectivity index (χ2v) is 13.0. The lowest BCUT2D eigenvalue weighted by molar-refractivity contribution is -0.131. The maximum Gasteiger partial charge on any atom is 0.206 e. The number of nitrogen functional groups attached to an aromatic ring is 1. The van der Waals surface area contributed by atoms with Crippen molar-refractivity contribution in [3.63, 3.8) is 0 Å². The fourth-order valence-electron chi connectivity index (χ4n) is 3.68. The first-order valence-corrected chi connectivity index (χ1v) is 15.1. The van der Waals surface area contributed by atoms with Crippen molar-refractivity contribution in [2.45, 2.75) is 16.3 Å². The van der Waals surface area contributed by atoms with E-state index in [1.807, 2.05) is 11.9 Å². The standard InChI is InChI=1S/C25H29N5O5S2/c1-29(15-17-36(2,31)32)14-16-35-30-13-12-22-23(18-30)27-25(28-24(22)26)19-8-10-21(11-9-19)37(33,34)20-6-4-3-5-7-20/h3-13H,14-18H2,1-2H3,(H2,26,27,28). The lowest BCUT2D eigenvalue weighted by atomic mass is 10.1. The molecule has 12 heteroatoms. The second kappa shape index (κ2) is 11.0. The molecule has 0 unspecified atom stereocenters. The predicted octanol–water partition coefficient (Wildman–Crippen LogP) is 2.25. The van der Waals surface area contributed by atoms with E-state index < -0.39 is 19.7 Å². The number of anilines is 1. The smallest absolute Gasteiger partial charge is 0.206 e. The molecule has 1 aliphatic rings. The molecule has 0 spiro atoms. The monoisotopic (exact) mass is 543 g/mol. The number of sulfone groups is 2. The van der Waals surface area contributed by atoms with Crippen LogP contribution in [0.15, 0.2) is 70.6 Å². The number of nitrogens with two attached hydrogens (primary N) is 1. The van der Waals surface area contributed by atoms with Gasteiger partial charge < -0.3 is 10.6 Å². The molecule has 0 saturated carbocycles. The summed E-state index contributed by atoms with van der Waals surface area (Å²) >= 11 is 0. The summed E-state index contributed by atoms with van der Waals surface area (Å²) in [6.45, 7) is 1.70. The Morgan fingerprint density at radius 2 is 1.65 bits per heavy atom. The number of hydrogen-bond donors (Lipinski definition) is 1. The van der Waals surface area contributed by atoms with Gasteiger partial charge in [-0.1, -0.05) is 18.2 Å². The minimum Gasteiger partial charge on any atom is -0.383 e. The molecule has 0 fully saturated rings. The van der Waals surface area contributed by atoms with Crippen molar-refractivity contribution in [2.75, 3.05) is 44.5 Å². The second-order valence-electron chi connectivity index (χ2n) is 8.79. The van der Waals surface area contributed by atoms with Crippen LogP contribution < -0.4 is 5.73 Å². The van der Waals surface area contributed by atoms with E-state index >= 15 is 0 Å². The Morgan fingerprint density at radius 1 is 0.973 bits per heavy atom. The van der Waals surface area contributed by atoms with Crippen LogP contribution in [0.2, 0.25) is 0 Å². The summed E-state index contributed by atoms with van der Waals surface area (Å²) in [5.41, 5.74) is 8.21. The zero-order valence-electron chi connectivity index (χ0n) is 20.6. The number of nitrogens with zero attached hydrogens (tertiary/aromatic N) is 4. The number of fused-ring (bicyclic) bond motifs is 1. The Labute approximate surface area is 217 Å². The van der Waals surface area contributed by atoms with Crippen molar-refractivity contribution in [1.29, 1.82) is 0 Å². The lowest BCUT2D eigenvalue weighted by Gasteiger charge is -2.25. The van der Waals surface area contributed by atoms with E-state index in [9.17, 15) is 16.8 Å². The number of hydrogen-bond acceptors (Lipinski definition) is 10. The van der Waals surface area contributed by atoms with Gasteiger partial charge in [-0.05, 0) is 49.5 Å². The Morgan fingerprint density at radius 3 is 2.32 bits per heavy atom. The van der Waals surface area contributed by atoms with Gasteiger partial charge in [-0.25, -0.2) is 26.8 Å². The molecule has 196 valence electrons. The van der Waals surface area contributed by atoms with Crippen LogP contribution in [0.25, 0.3) is 17.5 Å². The zero-order chi connectivity index (χ0) is 26.6. The van der Waals surface area contributed by atoms with E-state index in [-0.39, 0.29) is 15.5 Å². The van der Waals surface area contributed by atoms with E-state index in [0.717, 1.165) is 0 Å². The van der Waals surface area contributed by atoms with Crippen LogP contribution in [0.3, 0.4) is 0 Å². The van der Waals surface area contributed by atoms with Gasteiger partial charge in [0.2, 0.25) is 9.84 Å². The highest BCUT2D eigenvalue weighted by atomic mass is 32.2. The predicted molar refractivity (Wildman–Crippen MR) is 142 cm³/mol.